The van der Waals surface area contributed by atoms with Gasteiger partial charge in [-0.1, -0.05) is 41.6 Å². The number of aromatic amines is 1. The van der Waals surface area contributed by atoms with Gasteiger partial charge in [0.2, 0.25) is 0 Å². The van der Waals surface area contributed by atoms with Crippen molar-refractivity contribution < 1.29 is 4.79 Å². The van der Waals surface area contributed by atoms with Gasteiger partial charge < -0.3 is 10.3 Å². The van der Waals surface area contributed by atoms with Crippen molar-refractivity contribution in [3.05, 3.63) is 75.7 Å². The predicted molar refractivity (Wildman–Crippen MR) is 101 cm³/mol. The molecule has 0 bridgehead atoms. The summed E-state index contributed by atoms with van der Waals surface area (Å²) in [7, 11) is 0. The van der Waals surface area contributed by atoms with E-state index in [1.807, 2.05) is 36.4 Å². The number of H-pyrrole nitrogens is 1. The molecule has 0 saturated heterocycles. The Hall–Kier alpha value is -3.48. The first kappa shape index (κ1) is 15.7. The van der Waals surface area contributed by atoms with Gasteiger partial charge in [0.25, 0.3) is 11.5 Å². The summed E-state index contributed by atoms with van der Waals surface area (Å²) in [5.74, 6) is -0.382. The van der Waals surface area contributed by atoms with Crippen LogP contribution in [-0.2, 0) is 6.42 Å². The van der Waals surface area contributed by atoms with Crippen molar-refractivity contribution in [2.75, 3.05) is 0 Å². The second kappa shape index (κ2) is 6.05. The third-order valence-electron chi connectivity index (χ3n) is 5.16. The monoisotopic (exact) mass is 359 g/mol. The van der Waals surface area contributed by atoms with Crippen molar-refractivity contribution in [2.45, 2.75) is 25.3 Å². The van der Waals surface area contributed by atoms with Crippen LogP contribution in [0.1, 0.15) is 40.5 Å². The molecule has 5 rings (SSSR count). The van der Waals surface area contributed by atoms with Gasteiger partial charge in [-0.25, -0.2) is 4.52 Å². The number of nitrogens with one attached hydrogen (secondary N) is 2. The summed E-state index contributed by atoms with van der Waals surface area (Å²) in [5, 5.41) is 11.1. The number of para-hydroxylation sites is 2. The Labute approximate surface area is 154 Å². The normalized spacial score (nSPS) is 16.4. The number of rotatable bonds is 2. The van der Waals surface area contributed by atoms with Gasteiger partial charge in [-0.2, -0.15) is 0 Å². The molecule has 2 heterocycles. The number of hydrogen-bond acceptors (Lipinski definition) is 4. The number of carbonyl (C=O) groups is 1. The van der Waals surface area contributed by atoms with Gasteiger partial charge in [0.1, 0.15) is 0 Å². The Balaban J connectivity index is 1.56. The Morgan fingerprint density at radius 3 is 2.89 bits per heavy atom. The fraction of sp³-hybridized carbons (Fsp3) is 0.200. The number of aromatic nitrogens is 4. The number of benzene rings is 2. The van der Waals surface area contributed by atoms with E-state index in [2.05, 4.69) is 26.7 Å². The minimum absolute atomic E-state index is 0.0463. The second-order valence-corrected chi connectivity index (χ2v) is 6.79. The molecule has 2 aromatic carbocycles. The van der Waals surface area contributed by atoms with E-state index in [4.69, 9.17) is 0 Å². The molecule has 134 valence electrons. The van der Waals surface area contributed by atoms with Crippen molar-refractivity contribution in [2.24, 2.45) is 0 Å². The molecule has 1 unspecified atom stereocenters. The Bertz CT molecular complexity index is 1240. The fourth-order valence-electron chi connectivity index (χ4n) is 3.88. The third kappa shape index (κ3) is 2.51. The van der Waals surface area contributed by atoms with E-state index < -0.39 is 0 Å². The first-order valence-electron chi connectivity index (χ1n) is 8.97. The van der Waals surface area contributed by atoms with Gasteiger partial charge in [0, 0.05) is 0 Å². The molecular formula is C20H17N5O2. The molecule has 2 N–H and O–H groups in total. The Kier molecular flexibility index (Phi) is 3.53. The second-order valence-electron chi connectivity index (χ2n) is 6.79. The highest BCUT2D eigenvalue weighted by molar-refractivity contribution is 5.99. The van der Waals surface area contributed by atoms with E-state index in [1.165, 1.54) is 10.1 Å². The number of carbonyl (C=O) groups excluding carboxylic acids is 1. The number of fused-ring (bicyclic) bond motifs is 4. The van der Waals surface area contributed by atoms with Crippen molar-refractivity contribution in [3.63, 3.8) is 0 Å². The van der Waals surface area contributed by atoms with Crippen LogP contribution in [0, 0.1) is 0 Å². The van der Waals surface area contributed by atoms with Gasteiger partial charge in [0.15, 0.2) is 11.2 Å². The third-order valence-corrected chi connectivity index (χ3v) is 5.16. The van der Waals surface area contributed by atoms with Crippen molar-refractivity contribution in [3.8, 4) is 0 Å². The van der Waals surface area contributed by atoms with E-state index in [-0.39, 0.29) is 28.7 Å². The van der Waals surface area contributed by atoms with E-state index in [0.29, 0.717) is 11.0 Å². The Morgan fingerprint density at radius 2 is 1.96 bits per heavy atom. The molecule has 2 aromatic heterocycles. The van der Waals surface area contributed by atoms with E-state index in [0.717, 1.165) is 24.8 Å². The maximum Gasteiger partial charge on any atom is 0.277 e. The molecular weight excluding hydrogens is 342 g/mol. The number of nitrogens with zero attached hydrogens (tertiary/aromatic N) is 3. The highest BCUT2D eigenvalue weighted by atomic mass is 16.2. The molecule has 1 aliphatic rings. The minimum Gasteiger partial charge on any atom is -0.344 e. The van der Waals surface area contributed by atoms with E-state index >= 15 is 0 Å². The average molecular weight is 359 g/mol. The lowest BCUT2D eigenvalue weighted by Crippen LogP contribution is -2.32. The van der Waals surface area contributed by atoms with E-state index in [9.17, 15) is 9.59 Å². The summed E-state index contributed by atoms with van der Waals surface area (Å²) in [6, 6.07) is 15.3. The van der Waals surface area contributed by atoms with Crippen LogP contribution in [0.5, 0.6) is 0 Å². The molecule has 7 nitrogen and oxygen atoms in total. The van der Waals surface area contributed by atoms with Crippen LogP contribution in [0.3, 0.4) is 0 Å². The molecule has 0 aliphatic heterocycles. The maximum atomic E-state index is 12.9. The van der Waals surface area contributed by atoms with Crippen molar-refractivity contribution in [1.82, 2.24) is 25.1 Å². The Morgan fingerprint density at radius 1 is 1.15 bits per heavy atom. The first-order chi connectivity index (χ1) is 13.2. The van der Waals surface area contributed by atoms with Gasteiger partial charge in [0.05, 0.1) is 17.1 Å². The fourth-order valence-corrected chi connectivity index (χ4v) is 3.88. The van der Waals surface area contributed by atoms with E-state index in [1.54, 1.807) is 6.07 Å². The number of hydrogen-bond donors (Lipinski definition) is 2. The molecule has 1 aliphatic carbocycles. The topological polar surface area (TPSA) is 92.2 Å². The molecule has 4 aromatic rings. The number of amides is 1. The standard InChI is InChI=1S/C20H17N5O2/c26-19(21-14-10-5-7-12-6-1-2-8-13(12)14)17-18-20(27)22-15-9-3-4-11-16(15)25(18)24-23-17/h1-4,6,8-9,11,14H,5,7,10H2,(H,21,26)(H,22,27). The van der Waals surface area contributed by atoms with Gasteiger partial charge in [-0.15, -0.1) is 5.10 Å². The summed E-state index contributed by atoms with van der Waals surface area (Å²) >= 11 is 0. The molecule has 0 spiro atoms. The van der Waals surface area contributed by atoms with Gasteiger partial charge in [-0.05, 0) is 42.5 Å². The smallest absolute Gasteiger partial charge is 0.277 e. The summed E-state index contributed by atoms with van der Waals surface area (Å²) in [6.45, 7) is 0. The zero-order valence-electron chi connectivity index (χ0n) is 14.5. The highest BCUT2D eigenvalue weighted by Gasteiger charge is 2.25. The zero-order valence-corrected chi connectivity index (χ0v) is 14.5. The molecule has 1 atom stereocenters. The van der Waals surface area contributed by atoms with Gasteiger partial charge >= 0.3 is 0 Å². The van der Waals surface area contributed by atoms with Crippen LogP contribution in [0.25, 0.3) is 16.6 Å². The predicted octanol–water partition coefficient (Wildman–Crippen LogP) is 2.38. The molecule has 0 fully saturated rings. The molecule has 0 saturated carbocycles. The largest absolute Gasteiger partial charge is 0.344 e. The minimum atomic E-state index is -0.382. The summed E-state index contributed by atoms with van der Waals surface area (Å²) < 4.78 is 1.43. The quantitative estimate of drug-likeness (QED) is 0.575. The van der Waals surface area contributed by atoms with Crippen molar-refractivity contribution >= 4 is 22.5 Å². The summed E-state index contributed by atoms with van der Waals surface area (Å²) in [6.07, 6.45) is 2.89. The van der Waals surface area contributed by atoms with Crippen LogP contribution in [0.4, 0.5) is 0 Å². The lowest BCUT2D eigenvalue weighted by Gasteiger charge is -2.26. The average Bonchev–Trinajstić information content (AvgIpc) is 3.15. The molecule has 0 radical (unpaired) electrons. The van der Waals surface area contributed by atoms with Crippen molar-refractivity contribution in [1.29, 1.82) is 0 Å². The van der Waals surface area contributed by atoms with Crippen LogP contribution >= 0.6 is 0 Å². The zero-order chi connectivity index (χ0) is 18.4. The number of aryl methyl sites for hydroxylation is 1. The van der Waals surface area contributed by atoms with Gasteiger partial charge in [-0.3, -0.25) is 9.59 Å². The lowest BCUT2D eigenvalue weighted by atomic mass is 9.87. The SMILES string of the molecule is O=C(NC1CCCc2ccccc21)c1nnn2c1c(=O)[nH]c1ccccc12. The maximum absolute atomic E-state index is 12.9. The van der Waals surface area contributed by atoms with Crippen LogP contribution in [-0.4, -0.2) is 25.7 Å². The molecule has 1 amide bonds. The lowest BCUT2D eigenvalue weighted by molar-refractivity contribution is 0.0929. The van der Waals surface area contributed by atoms with Crippen LogP contribution in [0.2, 0.25) is 0 Å². The van der Waals surface area contributed by atoms with Crippen LogP contribution in [0.15, 0.2) is 53.3 Å². The van der Waals surface area contributed by atoms with Crippen LogP contribution < -0.4 is 10.9 Å². The highest BCUT2D eigenvalue weighted by Crippen LogP contribution is 2.29. The molecule has 7 heteroatoms. The summed E-state index contributed by atoms with van der Waals surface area (Å²) in [5.41, 5.74) is 3.56. The summed E-state index contributed by atoms with van der Waals surface area (Å²) in [4.78, 5) is 28.2. The molecule has 27 heavy (non-hydrogen) atoms. The first-order valence-corrected chi connectivity index (χ1v) is 8.97.